The van der Waals surface area contributed by atoms with E-state index in [1.54, 1.807) is 20.3 Å². The number of ether oxygens (including phenoxy) is 3. The fourth-order valence-electron chi connectivity index (χ4n) is 4.53. The fraction of sp³-hybridized carbons (Fsp3) is 0.481. The molecular weight excluding hydrogens is 480 g/mol. The van der Waals surface area contributed by atoms with Crippen LogP contribution in [0.4, 0.5) is 10.5 Å². The maximum atomic E-state index is 11.8. The van der Waals surface area contributed by atoms with Crippen molar-refractivity contribution in [2.45, 2.75) is 45.6 Å². The summed E-state index contributed by atoms with van der Waals surface area (Å²) < 4.78 is 18.2. The number of alkyl carbamates (subject to hydrolysis) is 1. The minimum Gasteiger partial charge on any atom is -0.496 e. The van der Waals surface area contributed by atoms with E-state index in [1.807, 2.05) is 43.6 Å². The number of amides is 1. The first-order valence-corrected chi connectivity index (χ1v) is 12.7. The van der Waals surface area contributed by atoms with Gasteiger partial charge in [-0.15, -0.1) is 0 Å². The van der Waals surface area contributed by atoms with Gasteiger partial charge in [0.1, 0.15) is 22.7 Å². The minimum atomic E-state index is -0.472. The van der Waals surface area contributed by atoms with Crippen molar-refractivity contribution < 1.29 is 19.0 Å². The molecule has 1 aliphatic heterocycles. The largest absolute Gasteiger partial charge is 0.496 e. The summed E-state index contributed by atoms with van der Waals surface area (Å²) in [6.07, 6.45) is 6.80. The zero-order valence-corrected chi connectivity index (χ0v) is 22.4. The standard InChI is InChI=1S/C27H35ClN4O4/c1-27(2,3)36-26(33)29-10-6-18-7-11-31(12-8-18)19-9-13-32-17-22(30-25(32)14-19)20-15-21(28)24(35-5)16-23(20)34-4/h9,13-18H,6-8,10-12H2,1-5H3,(H,29,33). The Balaban J connectivity index is 1.38. The van der Waals surface area contributed by atoms with Crippen LogP contribution < -0.4 is 19.7 Å². The van der Waals surface area contributed by atoms with Crippen LogP contribution in [-0.4, -0.2) is 54.9 Å². The number of hydrogen-bond acceptors (Lipinski definition) is 6. The average molecular weight is 515 g/mol. The molecule has 1 N–H and O–H groups in total. The van der Waals surface area contributed by atoms with Gasteiger partial charge in [-0.1, -0.05) is 11.6 Å². The molecule has 3 heterocycles. The second kappa shape index (κ2) is 10.9. The van der Waals surface area contributed by atoms with Crippen molar-refractivity contribution in [1.82, 2.24) is 14.7 Å². The maximum Gasteiger partial charge on any atom is 0.407 e. The number of hydrogen-bond donors (Lipinski definition) is 1. The van der Waals surface area contributed by atoms with E-state index >= 15 is 0 Å². The molecule has 0 spiro atoms. The summed E-state index contributed by atoms with van der Waals surface area (Å²) in [4.78, 5) is 19.1. The Labute approximate surface area is 217 Å². The van der Waals surface area contributed by atoms with Crippen LogP contribution in [0.15, 0.2) is 36.7 Å². The van der Waals surface area contributed by atoms with Crippen molar-refractivity contribution in [1.29, 1.82) is 0 Å². The van der Waals surface area contributed by atoms with Crippen LogP contribution >= 0.6 is 11.6 Å². The molecule has 4 rings (SSSR count). The molecule has 1 fully saturated rings. The number of fused-ring (bicyclic) bond motifs is 1. The fourth-order valence-corrected chi connectivity index (χ4v) is 4.77. The summed E-state index contributed by atoms with van der Waals surface area (Å²) in [6, 6.07) is 7.84. The molecule has 0 radical (unpaired) electrons. The first-order valence-electron chi connectivity index (χ1n) is 12.3. The second-order valence-corrected chi connectivity index (χ2v) is 10.5. The third-order valence-electron chi connectivity index (χ3n) is 6.39. The number of piperidine rings is 1. The van der Waals surface area contributed by atoms with Crippen molar-refractivity contribution in [2.75, 3.05) is 38.8 Å². The van der Waals surface area contributed by atoms with Gasteiger partial charge < -0.3 is 28.8 Å². The lowest BCUT2D eigenvalue weighted by Crippen LogP contribution is -2.36. The van der Waals surface area contributed by atoms with Crippen molar-refractivity contribution in [2.24, 2.45) is 5.92 Å². The molecule has 36 heavy (non-hydrogen) atoms. The van der Waals surface area contributed by atoms with Crippen molar-refractivity contribution in [3.63, 3.8) is 0 Å². The Morgan fingerprint density at radius 2 is 1.86 bits per heavy atom. The topological polar surface area (TPSA) is 77.3 Å². The van der Waals surface area contributed by atoms with Crippen LogP contribution in [-0.2, 0) is 4.74 Å². The number of imidazole rings is 1. The molecular formula is C27H35ClN4O4. The van der Waals surface area contributed by atoms with Crippen molar-refractivity contribution >= 4 is 29.0 Å². The summed E-state index contributed by atoms with van der Waals surface area (Å²) >= 11 is 6.37. The van der Waals surface area contributed by atoms with E-state index in [0.717, 1.165) is 54.9 Å². The number of anilines is 1. The molecule has 0 atom stereocenters. The summed E-state index contributed by atoms with van der Waals surface area (Å²) in [5.74, 6) is 1.81. The lowest BCUT2D eigenvalue weighted by Gasteiger charge is -2.33. The molecule has 8 nitrogen and oxygen atoms in total. The van der Waals surface area contributed by atoms with Gasteiger partial charge in [0, 0.05) is 55.4 Å². The normalized spacial score (nSPS) is 14.7. The van der Waals surface area contributed by atoms with E-state index in [2.05, 4.69) is 22.3 Å². The summed E-state index contributed by atoms with van der Waals surface area (Å²) in [7, 11) is 3.20. The van der Waals surface area contributed by atoms with Gasteiger partial charge in [0.2, 0.25) is 0 Å². The molecule has 9 heteroatoms. The number of nitrogens with zero attached hydrogens (tertiary/aromatic N) is 3. The zero-order valence-electron chi connectivity index (χ0n) is 21.6. The van der Waals surface area contributed by atoms with Gasteiger partial charge in [-0.3, -0.25) is 0 Å². The van der Waals surface area contributed by atoms with Crippen LogP contribution in [0.3, 0.4) is 0 Å². The minimum absolute atomic E-state index is 0.346. The summed E-state index contributed by atoms with van der Waals surface area (Å²) in [5, 5.41) is 3.38. The van der Waals surface area contributed by atoms with Gasteiger partial charge in [-0.25, -0.2) is 9.78 Å². The number of rotatable bonds is 7. The van der Waals surface area contributed by atoms with Crippen molar-refractivity contribution in [3.8, 4) is 22.8 Å². The number of halogens is 1. The van der Waals surface area contributed by atoms with Crippen LogP contribution in [0.5, 0.6) is 11.5 Å². The first-order chi connectivity index (χ1) is 17.2. The van der Waals surface area contributed by atoms with E-state index in [1.165, 1.54) is 0 Å². The molecule has 1 saturated heterocycles. The van der Waals surface area contributed by atoms with Gasteiger partial charge in [-0.05, 0) is 58.1 Å². The quantitative estimate of drug-likeness (QED) is 0.429. The van der Waals surface area contributed by atoms with Crippen LogP contribution in [0.1, 0.15) is 40.0 Å². The van der Waals surface area contributed by atoms with Gasteiger partial charge >= 0.3 is 6.09 Å². The molecule has 0 bridgehead atoms. The van der Waals surface area contributed by atoms with Crippen molar-refractivity contribution in [3.05, 3.63) is 41.7 Å². The highest BCUT2D eigenvalue weighted by Gasteiger charge is 2.21. The maximum absolute atomic E-state index is 11.8. The second-order valence-electron chi connectivity index (χ2n) is 10.1. The molecule has 3 aromatic rings. The van der Waals surface area contributed by atoms with Crippen LogP contribution in [0, 0.1) is 5.92 Å². The number of methoxy groups -OCH3 is 2. The Morgan fingerprint density at radius 1 is 1.14 bits per heavy atom. The van der Waals surface area contributed by atoms with E-state index < -0.39 is 5.60 Å². The number of carbonyl (C=O) groups is 1. The molecule has 0 saturated carbocycles. The van der Waals surface area contributed by atoms with Crippen LogP contribution in [0.25, 0.3) is 16.9 Å². The van der Waals surface area contributed by atoms with Crippen LogP contribution in [0.2, 0.25) is 5.02 Å². The number of nitrogens with one attached hydrogen (secondary N) is 1. The lowest BCUT2D eigenvalue weighted by atomic mass is 9.93. The highest BCUT2D eigenvalue weighted by Crippen LogP contribution is 2.38. The average Bonchev–Trinajstić information content (AvgIpc) is 3.26. The lowest BCUT2D eigenvalue weighted by molar-refractivity contribution is 0.0524. The van der Waals surface area contributed by atoms with E-state index in [4.69, 9.17) is 30.8 Å². The first kappa shape index (κ1) is 25.9. The Bertz CT molecular complexity index is 1210. The zero-order chi connectivity index (χ0) is 25.9. The highest BCUT2D eigenvalue weighted by molar-refractivity contribution is 6.32. The molecule has 194 valence electrons. The third kappa shape index (κ3) is 6.16. The Morgan fingerprint density at radius 3 is 2.53 bits per heavy atom. The van der Waals surface area contributed by atoms with E-state index in [0.29, 0.717) is 29.0 Å². The van der Waals surface area contributed by atoms with Gasteiger partial charge in [0.05, 0.1) is 24.9 Å². The SMILES string of the molecule is COc1cc(OC)c(-c2cn3ccc(N4CCC(CCNC(=O)OC(C)(C)C)CC4)cc3n2)cc1Cl. The Hall–Kier alpha value is -3.13. The Kier molecular flexibility index (Phi) is 7.83. The smallest absolute Gasteiger partial charge is 0.407 e. The highest BCUT2D eigenvalue weighted by atomic mass is 35.5. The summed E-state index contributed by atoms with van der Waals surface area (Å²) in [6.45, 7) is 8.20. The predicted molar refractivity (Wildman–Crippen MR) is 143 cm³/mol. The molecule has 0 aliphatic carbocycles. The number of aromatic nitrogens is 2. The third-order valence-corrected chi connectivity index (χ3v) is 6.69. The molecule has 2 aromatic heterocycles. The predicted octanol–water partition coefficient (Wildman–Crippen LogP) is 5.80. The summed E-state index contributed by atoms with van der Waals surface area (Å²) in [5.41, 5.74) is 3.14. The van der Waals surface area contributed by atoms with Gasteiger partial charge in [-0.2, -0.15) is 0 Å². The monoisotopic (exact) mass is 514 g/mol. The number of carbonyl (C=O) groups excluding carboxylic acids is 1. The van der Waals surface area contributed by atoms with E-state index in [9.17, 15) is 4.79 Å². The number of pyridine rings is 1. The van der Waals surface area contributed by atoms with E-state index in [-0.39, 0.29) is 6.09 Å². The number of benzene rings is 1. The molecule has 0 unspecified atom stereocenters. The molecule has 1 aliphatic rings. The molecule has 1 aromatic carbocycles. The molecule has 1 amide bonds. The van der Waals surface area contributed by atoms with Gasteiger partial charge in [0.15, 0.2) is 0 Å². The van der Waals surface area contributed by atoms with Gasteiger partial charge in [0.25, 0.3) is 0 Å².